The van der Waals surface area contributed by atoms with Crippen LogP contribution in [0.2, 0.25) is 0 Å². The first-order valence-corrected chi connectivity index (χ1v) is 10.00. The molecular weight excluding hydrogens is 378 g/mol. The summed E-state index contributed by atoms with van der Waals surface area (Å²) in [6, 6.07) is 4.26. The number of hydrogen-bond donors (Lipinski definition) is 1. The first-order valence-electron chi connectivity index (χ1n) is 10.00. The van der Waals surface area contributed by atoms with Crippen molar-refractivity contribution in [2.75, 3.05) is 7.11 Å². The van der Waals surface area contributed by atoms with Crippen molar-refractivity contribution in [3.8, 4) is 5.75 Å². The van der Waals surface area contributed by atoms with E-state index in [9.17, 15) is 19.7 Å². The molecule has 1 aliphatic carbocycles. The zero-order chi connectivity index (χ0) is 21.0. The summed E-state index contributed by atoms with van der Waals surface area (Å²) in [7, 11) is 1.47. The van der Waals surface area contributed by atoms with E-state index in [4.69, 9.17) is 9.47 Å². The third kappa shape index (κ3) is 4.67. The highest BCUT2D eigenvalue weighted by Gasteiger charge is 2.47. The van der Waals surface area contributed by atoms with Gasteiger partial charge in [0.2, 0.25) is 0 Å². The summed E-state index contributed by atoms with van der Waals surface area (Å²) in [5, 5.41) is 12.4. The van der Waals surface area contributed by atoms with Crippen molar-refractivity contribution in [3.05, 3.63) is 33.9 Å². The van der Waals surface area contributed by atoms with Crippen LogP contribution in [-0.4, -0.2) is 34.6 Å². The second-order valence-corrected chi connectivity index (χ2v) is 7.66. The van der Waals surface area contributed by atoms with Crippen LogP contribution >= 0.6 is 0 Å². The Morgan fingerprint density at radius 3 is 2.76 bits per heavy atom. The van der Waals surface area contributed by atoms with Crippen LogP contribution in [0.1, 0.15) is 57.4 Å². The van der Waals surface area contributed by atoms with Crippen LogP contribution in [0.5, 0.6) is 5.75 Å². The van der Waals surface area contributed by atoms with Gasteiger partial charge in [0.15, 0.2) is 5.72 Å². The highest BCUT2D eigenvalue weighted by Crippen LogP contribution is 2.38. The number of nitrogens with zero attached hydrogens (tertiary/aromatic N) is 2. The molecule has 1 aromatic rings. The fraction of sp³-hybridized carbons (Fsp3) is 0.600. The Kier molecular flexibility index (Phi) is 6.36. The number of hydrazine groups is 1. The topological polar surface area (TPSA) is 111 Å². The Morgan fingerprint density at radius 1 is 1.41 bits per heavy atom. The maximum atomic E-state index is 12.4. The third-order valence-corrected chi connectivity index (χ3v) is 5.67. The second-order valence-electron chi connectivity index (χ2n) is 7.66. The van der Waals surface area contributed by atoms with Crippen LogP contribution in [0.25, 0.3) is 0 Å². The molecule has 0 atom stereocenters. The number of non-ortho nitro benzene ring substituents is 1. The van der Waals surface area contributed by atoms with Gasteiger partial charge in [-0.15, -0.1) is 0 Å². The molecular formula is C20H27N3O6. The molecule has 0 bridgehead atoms. The van der Waals surface area contributed by atoms with E-state index < -0.39 is 16.7 Å². The SMILES string of the molecule is CCCCC(=O)C1CCC2(CC1)NN(Cc1cc([N+](=O)[O-])ccc1OC)C(=O)O2. The van der Waals surface area contributed by atoms with Crippen molar-refractivity contribution in [1.29, 1.82) is 0 Å². The molecule has 9 nitrogen and oxygen atoms in total. The van der Waals surface area contributed by atoms with Gasteiger partial charge < -0.3 is 9.47 Å². The minimum absolute atomic E-state index is 0.0265. The van der Waals surface area contributed by atoms with Gasteiger partial charge in [-0.2, -0.15) is 5.43 Å². The summed E-state index contributed by atoms with van der Waals surface area (Å²) in [5.41, 5.74) is 2.75. The average molecular weight is 405 g/mol. The zero-order valence-electron chi connectivity index (χ0n) is 16.8. The molecule has 1 amide bonds. The minimum atomic E-state index is -0.813. The normalized spacial score (nSPS) is 23.9. The van der Waals surface area contributed by atoms with Gasteiger partial charge in [0.25, 0.3) is 5.69 Å². The summed E-state index contributed by atoms with van der Waals surface area (Å²) in [4.78, 5) is 35.3. The Labute approximate surface area is 169 Å². The van der Waals surface area contributed by atoms with E-state index in [2.05, 4.69) is 12.3 Å². The van der Waals surface area contributed by atoms with Gasteiger partial charge in [-0.05, 0) is 25.3 Å². The van der Waals surface area contributed by atoms with Gasteiger partial charge in [0.05, 0.1) is 18.6 Å². The molecule has 1 N–H and O–H groups in total. The number of rotatable bonds is 8. The van der Waals surface area contributed by atoms with Crippen molar-refractivity contribution in [3.63, 3.8) is 0 Å². The molecule has 29 heavy (non-hydrogen) atoms. The number of methoxy groups -OCH3 is 1. The summed E-state index contributed by atoms with van der Waals surface area (Å²) in [5.74, 6) is 0.777. The summed E-state index contributed by atoms with van der Waals surface area (Å²) in [6.45, 7) is 2.14. The predicted octanol–water partition coefficient (Wildman–Crippen LogP) is 3.71. The highest BCUT2D eigenvalue weighted by molar-refractivity contribution is 5.81. The van der Waals surface area contributed by atoms with E-state index in [1.54, 1.807) is 0 Å². The molecule has 158 valence electrons. The Bertz CT molecular complexity index is 788. The van der Waals surface area contributed by atoms with Crippen LogP contribution in [-0.2, 0) is 16.1 Å². The van der Waals surface area contributed by atoms with Crippen molar-refractivity contribution < 1.29 is 24.0 Å². The number of nitrogens with one attached hydrogen (secondary N) is 1. The number of ketones is 1. The number of amides is 1. The maximum absolute atomic E-state index is 12.4. The quantitative estimate of drug-likeness (QED) is 0.518. The van der Waals surface area contributed by atoms with Crippen LogP contribution in [0, 0.1) is 16.0 Å². The van der Waals surface area contributed by atoms with Crippen molar-refractivity contribution in [1.82, 2.24) is 10.4 Å². The number of Topliss-reactive ketones (excluding diaryl/α,β-unsaturated/α-hetero) is 1. The number of carbonyl (C=O) groups is 2. The number of ether oxygens (including phenoxy) is 2. The van der Waals surface area contributed by atoms with E-state index in [1.165, 1.54) is 30.3 Å². The molecule has 2 fully saturated rings. The lowest BCUT2D eigenvalue weighted by atomic mass is 9.80. The number of nitro benzene ring substituents is 1. The Hall–Kier alpha value is -2.68. The van der Waals surface area contributed by atoms with Crippen LogP contribution in [0.15, 0.2) is 18.2 Å². The van der Waals surface area contributed by atoms with E-state index in [1.807, 2.05) is 0 Å². The predicted molar refractivity (Wildman–Crippen MR) is 104 cm³/mol. The average Bonchev–Trinajstić information content (AvgIpc) is 3.01. The molecule has 3 rings (SSSR count). The van der Waals surface area contributed by atoms with Gasteiger partial charge in [0, 0.05) is 42.9 Å². The largest absolute Gasteiger partial charge is 0.496 e. The number of nitro groups is 1. The maximum Gasteiger partial charge on any atom is 0.426 e. The fourth-order valence-corrected chi connectivity index (χ4v) is 3.99. The summed E-state index contributed by atoms with van der Waals surface area (Å²) in [6.07, 6.45) is 4.46. The van der Waals surface area contributed by atoms with Crippen LogP contribution < -0.4 is 10.2 Å². The molecule has 9 heteroatoms. The van der Waals surface area contributed by atoms with Crippen LogP contribution in [0.4, 0.5) is 10.5 Å². The first kappa shape index (κ1) is 21.0. The highest BCUT2D eigenvalue weighted by atomic mass is 16.6. The van der Waals surface area contributed by atoms with Crippen molar-refractivity contribution >= 4 is 17.6 Å². The van der Waals surface area contributed by atoms with E-state index in [-0.39, 0.29) is 18.2 Å². The minimum Gasteiger partial charge on any atom is -0.496 e. The summed E-state index contributed by atoms with van der Waals surface area (Å²) >= 11 is 0. The molecule has 2 aliphatic rings. The number of hydrogen-bond acceptors (Lipinski definition) is 7. The van der Waals surface area contributed by atoms with Gasteiger partial charge >= 0.3 is 6.09 Å². The number of carbonyl (C=O) groups excluding carboxylic acids is 2. The van der Waals surface area contributed by atoms with Gasteiger partial charge in [-0.3, -0.25) is 14.9 Å². The molecule has 0 radical (unpaired) electrons. The Balaban J connectivity index is 1.65. The molecule has 1 heterocycles. The lowest BCUT2D eigenvalue weighted by Gasteiger charge is -2.34. The molecule has 1 spiro atoms. The van der Waals surface area contributed by atoms with Crippen molar-refractivity contribution in [2.45, 2.75) is 64.1 Å². The number of unbranched alkanes of at least 4 members (excludes halogenated alkanes) is 1. The monoisotopic (exact) mass is 405 g/mol. The molecule has 1 saturated heterocycles. The van der Waals surface area contributed by atoms with Gasteiger partial charge in [-0.1, -0.05) is 13.3 Å². The number of benzene rings is 1. The molecule has 0 aromatic heterocycles. The third-order valence-electron chi connectivity index (χ3n) is 5.67. The lowest BCUT2D eigenvalue weighted by molar-refractivity contribution is -0.385. The van der Waals surface area contributed by atoms with Gasteiger partial charge in [0.1, 0.15) is 11.5 Å². The van der Waals surface area contributed by atoms with Crippen molar-refractivity contribution in [2.24, 2.45) is 5.92 Å². The molecule has 1 aromatic carbocycles. The zero-order valence-corrected chi connectivity index (χ0v) is 16.8. The summed E-state index contributed by atoms with van der Waals surface area (Å²) < 4.78 is 10.9. The standard InChI is InChI=1S/C20H27N3O6/c1-3-4-5-17(24)14-8-10-20(11-9-14)21-22(19(25)29-20)13-15-12-16(23(26)27)6-7-18(15)28-2/h6-7,12,14,21H,3-5,8-11,13H2,1-2H3. The molecule has 1 saturated carbocycles. The molecule has 0 unspecified atom stereocenters. The Morgan fingerprint density at radius 2 is 2.14 bits per heavy atom. The smallest absolute Gasteiger partial charge is 0.426 e. The fourth-order valence-electron chi connectivity index (χ4n) is 3.99. The van der Waals surface area contributed by atoms with Gasteiger partial charge in [-0.25, -0.2) is 9.80 Å². The van der Waals surface area contributed by atoms with E-state index >= 15 is 0 Å². The first-order chi connectivity index (χ1) is 13.9. The van der Waals surface area contributed by atoms with E-state index in [0.29, 0.717) is 49.2 Å². The second kappa shape index (κ2) is 8.77. The van der Waals surface area contributed by atoms with E-state index in [0.717, 1.165) is 12.8 Å². The molecule has 1 aliphatic heterocycles. The van der Waals surface area contributed by atoms with Crippen LogP contribution in [0.3, 0.4) is 0 Å². The lowest BCUT2D eigenvalue weighted by Crippen LogP contribution is -2.49.